The summed E-state index contributed by atoms with van der Waals surface area (Å²) < 4.78 is 11.3. The summed E-state index contributed by atoms with van der Waals surface area (Å²) in [5.74, 6) is 1.27. The molecule has 0 aliphatic heterocycles. The molecule has 0 bridgehead atoms. The maximum atomic E-state index is 10.6. The van der Waals surface area contributed by atoms with Crippen LogP contribution in [-0.4, -0.2) is 31.5 Å². The van der Waals surface area contributed by atoms with Crippen LogP contribution in [0.25, 0.3) is 0 Å². The third-order valence-corrected chi connectivity index (χ3v) is 4.17. The molecule has 0 unspecified atom stereocenters. The molecule has 118 valence electrons. The lowest BCUT2D eigenvalue weighted by Gasteiger charge is -2.32. The van der Waals surface area contributed by atoms with Crippen LogP contribution >= 0.6 is 11.6 Å². The van der Waals surface area contributed by atoms with Crippen molar-refractivity contribution in [1.82, 2.24) is 5.32 Å². The molecule has 0 radical (unpaired) electrons. The average molecular weight is 314 g/mol. The molecular formula is C16H24ClNO3. The van der Waals surface area contributed by atoms with Gasteiger partial charge in [0.15, 0.2) is 11.5 Å². The normalized spacial score (nSPS) is 17.5. The van der Waals surface area contributed by atoms with Crippen molar-refractivity contribution in [3.63, 3.8) is 0 Å². The molecule has 1 saturated carbocycles. The van der Waals surface area contributed by atoms with Crippen LogP contribution in [0, 0.1) is 0 Å². The third kappa shape index (κ3) is 4.25. The lowest BCUT2D eigenvalue weighted by atomic mass is 9.85. The van der Waals surface area contributed by atoms with Gasteiger partial charge in [-0.1, -0.05) is 30.9 Å². The average Bonchev–Trinajstić information content (AvgIpc) is 2.46. The molecule has 1 aromatic carbocycles. The largest absolute Gasteiger partial charge is 0.493 e. The van der Waals surface area contributed by atoms with Crippen LogP contribution in [-0.2, 0) is 6.54 Å². The predicted octanol–water partition coefficient (Wildman–Crippen LogP) is 3.14. The molecule has 0 aromatic heterocycles. The van der Waals surface area contributed by atoms with E-state index in [0.717, 1.165) is 31.2 Å². The lowest BCUT2D eigenvalue weighted by molar-refractivity contribution is -0.0345. The zero-order chi connectivity index (χ0) is 15.3. The molecule has 2 N–H and O–H groups in total. The SMILES string of the molecule is CNCc1cc(Cl)cc(OC)c1OCC1(O)CCCCC1. The molecule has 1 aliphatic rings. The summed E-state index contributed by atoms with van der Waals surface area (Å²) in [5.41, 5.74) is 0.209. The molecule has 0 atom stereocenters. The van der Waals surface area contributed by atoms with Gasteiger partial charge in [-0.2, -0.15) is 0 Å². The van der Waals surface area contributed by atoms with E-state index in [1.165, 1.54) is 6.42 Å². The van der Waals surface area contributed by atoms with Crippen LogP contribution < -0.4 is 14.8 Å². The maximum Gasteiger partial charge on any atom is 0.165 e. The summed E-state index contributed by atoms with van der Waals surface area (Å²) in [6.45, 7) is 0.923. The molecule has 0 saturated heterocycles. The molecule has 4 nitrogen and oxygen atoms in total. The monoisotopic (exact) mass is 313 g/mol. The number of halogens is 1. The standard InChI is InChI=1S/C16H24ClNO3/c1-18-10-12-8-13(17)9-14(20-2)15(12)21-11-16(19)6-4-3-5-7-16/h8-9,18-19H,3-7,10-11H2,1-2H3. The number of nitrogens with one attached hydrogen (secondary N) is 1. The Morgan fingerprint density at radius 2 is 2.00 bits per heavy atom. The van der Waals surface area contributed by atoms with Crippen molar-refractivity contribution in [2.24, 2.45) is 0 Å². The number of hydrogen-bond donors (Lipinski definition) is 2. The van der Waals surface area contributed by atoms with Gasteiger partial charge >= 0.3 is 0 Å². The minimum absolute atomic E-state index is 0.293. The predicted molar refractivity (Wildman–Crippen MR) is 84.3 cm³/mol. The van der Waals surface area contributed by atoms with Gasteiger partial charge < -0.3 is 19.9 Å². The fourth-order valence-electron chi connectivity index (χ4n) is 2.82. The number of methoxy groups -OCH3 is 1. The Bertz CT molecular complexity index is 473. The number of ether oxygens (including phenoxy) is 2. The van der Waals surface area contributed by atoms with Crippen molar-refractivity contribution in [3.8, 4) is 11.5 Å². The Kier molecular flexibility index (Phi) is 5.73. The van der Waals surface area contributed by atoms with E-state index in [4.69, 9.17) is 21.1 Å². The van der Waals surface area contributed by atoms with Gasteiger partial charge in [0, 0.05) is 23.2 Å². The van der Waals surface area contributed by atoms with Crippen molar-refractivity contribution in [1.29, 1.82) is 0 Å². The summed E-state index contributed by atoms with van der Waals surface area (Å²) >= 11 is 6.10. The zero-order valence-corrected chi connectivity index (χ0v) is 13.5. The topological polar surface area (TPSA) is 50.7 Å². The molecule has 1 aliphatic carbocycles. The Hall–Kier alpha value is -0.970. The highest BCUT2D eigenvalue weighted by Gasteiger charge is 2.30. The van der Waals surface area contributed by atoms with E-state index in [-0.39, 0.29) is 0 Å². The van der Waals surface area contributed by atoms with Gasteiger partial charge in [0.1, 0.15) is 6.61 Å². The zero-order valence-electron chi connectivity index (χ0n) is 12.7. The van der Waals surface area contributed by atoms with Crippen LogP contribution in [0.5, 0.6) is 11.5 Å². The summed E-state index contributed by atoms with van der Waals surface area (Å²) in [4.78, 5) is 0. The Morgan fingerprint density at radius 1 is 1.29 bits per heavy atom. The highest BCUT2D eigenvalue weighted by atomic mass is 35.5. The van der Waals surface area contributed by atoms with E-state index in [1.807, 2.05) is 13.1 Å². The fraction of sp³-hybridized carbons (Fsp3) is 0.625. The Labute approximate surface area is 131 Å². The highest BCUT2D eigenvalue weighted by molar-refractivity contribution is 6.30. The number of rotatable bonds is 6. The minimum Gasteiger partial charge on any atom is -0.493 e. The summed E-state index contributed by atoms with van der Waals surface area (Å²) in [6.07, 6.45) is 4.90. The van der Waals surface area contributed by atoms with Crippen LogP contribution in [0.4, 0.5) is 0 Å². The first-order chi connectivity index (χ1) is 10.1. The molecule has 1 fully saturated rings. The first kappa shape index (κ1) is 16.4. The first-order valence-electron chi connectivity index (χ1n) is 7.44. The number of aliphatic hydroxyl groups is 1. The third-order valence-electron chi connectivity index (χ3n) is 3.95. The summed E-state index contributed by atoms with van der Waals surface area (Å²) in [5, 5.41) is 14.3. The van der Waals surface area contributed by atoms with E-state index in [0.29, 0.717) is 29.7 Å². The van der Waals surface area contributed by atoms with Crippen LogP contribution in [0.15, 0.2) is 12.1 Å². The number of hydrogen-bond acceptors (Lipinski definition) is 4. The summed E-state index contributed by atoms with van der Waals surface area (Å²) in [7, 11) is 3.46. The lowest BCUT2D eigenvalue weighted by Crippen LogP contribution is -2.38. The maximum absolute atomic E-state index is 10.6. The highest BCUT2D eigenvalue weighted by Crippen LogP contribution is 2.36. The van der Waals surface area contributed by atoms with Gasteiger partial charge in [0.25, 0.3) is 0 Å². The second kappa shape index (κ2) is 7.34. The van der Waals surface area contributed by atoms with Gasteiger partial charge in [-0.3, -0.25) is 0 Å². The van der Waals surface area contributed by atoms with Crippen LogP contribution in [0.1, 0.15) is 37.7 Å². The van der Waals surface area contributed by atoms with Gasteiger partial charge in [-0.25, -0.2) is 0 Å². The second-order valence-electron chi connectivity index (χ2n) is 5.70. The molecule has 0 amide bonds. The Balaban J connectivity index is 2.17. The van der Waals surface area contributed by atoms with Crippen LogP contribution in [0.3, 0.4) is 0 Å². The molecule has 2 rings (SSSR count). The number of benzene rings is 1. The molecule has 1 aromatic rings. The van der Waals surface area contributed by atoms with Crippen molar-refractivity contribution in [2.45, 2.75) is 44.2 Å². The van der Waals surface area contributed by atoms with Crippen molar-refractivity contribution >= 4 is 11.6 Å². The van der Waals surface area contributed by atoms with E-state index < -0.39 is 5.60 Å². The van der Waals surface area contributed by atoms with Crippen LogP contribution in [0.2, 0.25) is 5.02 Å². The molecule has 21 heavy (non-hydrogen) atoms. The van der Waals surface area contributed by atoms with Crippen molar-refractivity contribution in [2.75, 3.05) is 20.8 Å². The fourth-order valence-corrected chi connectivity index (χ4v) is 3.05. The van der Waals surface area contributed by atoms with Gasteiger partial charge in [-0.05, 0) is 26.0 Å². The van der Waals surface area contributed by atoms with E-state index in [1.54, 1.807) is 13.2 Å². The van der Waals surface area contributed by atoms with Gasteiger partial charge in [-0.15, -0.1) is 0 Å². The van der Waals surface area contributed by atoms with Gasteiger partial charge in [0.2, 0.25) is 0 Å². The second-order valence-corrected chi connectivity index (χ2v) is 6.14. The van der Waals surface area contributed by atoms with E-state index >= 15 is 0 Å². The smallest absolute Gasteiger partial charge is 0.165 e. The minimum atomic E-state index is -0.722. The molecular weight excluding hydrogens is 290 g/mol. The molecule has 5 heteroatoms. The molecule has 0 spiro atoms. The van der Waals surface area contributed by atoms with Gasteiger partial charge in [0.05, 0.1) is 12.7 Å². The first-order valence-corrected chi connectivity index (χ1v) is 7.82. The quantitative estimate of drug-likeness (QED) is 0.847. The van der Waals surface area contributed by atoms with Crippen molar-refractivity contribution < 1.29 is 14.6 Å². The van der Waals surface area contributed by atoms with Crippen molar-refractivity contribution in [3.05, 3.63) is 22.7 Å². The van der Waals surface area contributed by atoms with E-state index in [2.05, 4.69) is 5.32 Å². The van der Waals surface area contributed by atoms with E-state index in [9.17, 15) is 5.11 Å². The summed E-state index contributed by atoms with van der Waals surface area (Å²) in [6, 6.07) is 3.60. The molecule has 0 heterocycles. The Morgan fingerprint density at radius 3 is 2.62 bits per heavy atom.